The van der Waals surface area contributed by atoms with Gasteiger partial charge in [0, 0.05) is 11.6 Å². The van der Waals surface area contributed by atoms with Crippen LogP contribution in [0.3, 0.4) is 0 Å². The highest BCUT2D eigenvalue weighted by Crippen LogP contribution is 2.22. The third-order valence-corrected chi connectivity index (χ3v) is 4.15. The molecule has 1 fully saturated rings. The highest BCUT2D eigenvalue weighted by atomic mass is 16.3. The van der Waals surface area contributed by atoms with Gasteiger partial charge >= 0.3 is 0 Å². The first-order valence-corrected chi connectivity index (χ1v) is 7.92. The number of nitrogens with one attached hydrogen (secondary N) is 1. The Morgan fingerprint density at radius 2 is 2.10 bits per heavy atom. The highest BCUT2D eigenvalue weighted by molar-refractivity contribution is 5.20. The topological polar surface area (TPSA) is 28.4 Å². The zero-order chi connectivity index (χ0) is 14.8. The van der Waals surface area contributed by atoms with Crippen LogP contribution in [0.15, 0.2) is 10.5 Å². The van der Waals surface area contributed by atoms with Crippen LogP contribution in [-0.2, 0) is 13.1 Å². The summed E-state index contributed by atoms with van der Waals surface area (Å²) in [5.41, 5.74) is 1.39. The van der Waals surface area contributed by atoms with E-state index in [1.165, 1.54) is 31.4 Å². The van der Waals surface area contributed by atoms with Crippen molar-refractivity contribution in [2.45, 2.75) is 78.6 Å². The minimum atomic E-state index is 0.126. The standard InChI is InChI=1S/C17H30N2O/c1-13-10-15(12-19-9-7-6-8-14(19)2)20-16(13)11-18-17(3,4)5/h10,14,18H,6-9,11-12H2,1-5H3. The van der Waals surface area contributed by atoms with Crippen molar-refractivity contribution in [2.24, 2.45) is 0 Å². The fourth-order valence-electron chi connectivity index (χ4n) is 2.78. The summed E-state index contributed by atoms with van der Waals surface area (Å²) < 4.78 is 6.06. The smallest absolute Gasteiger partial charge is 0.120 e. The van der Waals surface area contributed by atoms with E-state index < -0.39 is 0 Å². The maximum absolute atomic E-state index is 6.06. The molecule has 1 unspecified atom stereocenters. The van der Waals surface area contributed by atoms with Gasteiger partial charge in [-0.05, 0) is 65.6 Å². The SMILES string of the molecule is Cc1cc(CN2CCCCC2C)oc1CNC(C)(C)C. The number of rotatable bonds is 4. The molecule has 1 aromatic heterocycles. The van der Waals surface area contributed by atoms with Crippen LogP contribution in [0.25, 0.3) is 0 Å². The van der Waals surface area contributed by atoms with Crippen molar-refractivity contribution >= 4 is 0 Å². The molecule has 0 bridgehead atoms. The fourth-order valence-corrected chi connectivity index (χ4v) is 2.78. The molecule has 2 rings (SSSR count). The van der Waals surface area contributed by atoms with E-state index in [9.17, 15) is 0 Å². The predicted molar refractivity (Wildman–Crippen MR) is 83.8 cm³/mol. The van der Waals surface area contributed by atoms with Crippen LogP contribution >= 0.6 is 0 Å². The zero-order valence-electron chi connectivity index (χ0n) is 13.8. The second kappa shape index (κ2) is 6.31. The Bertz CT molecular complexity index is 431. The molecule has 2 heterocycles. The zero-order valence-corrected chi connectivity index (χ0v) is 13.8. The lowest BCUT2D eigenvalue weighted by Crippen LogP contribution is -2.36. The Hall–Kier alpha value is -0.800. The van der Waals surface area contributed by atoms with Crippen LogP contribution in [0.4, 0.5) is 0 Å². The third-order valence-electron chi connectivity index (χ3n) is 4.15. The fraction of sp³-hybridized carbons (Fsp3) is 0.765. The van der Waals surface area contributed by atoms with Gasteiger partial charge in [-0.3, -0.25) is 4.90 Å². The van der Waals surface area contributed by atoms with Gasteiger partial charge in [0.1, 0.15) is 11.5 Å². The summed E-state index contributed by atoms with van der Waals surface area (Å²) in [5.74, 6) is 2.20. The van der Waals surface area contributed by atoms with E-state index in [4.69, 9.17) is 4.42 Å². The van der Waals surface area contributed by atoms with Crippen LogP contribution in [0.1, 0.15) is 64.0 Å². The molecule has 1 aromatic rings. The Labute approximate surface area is 123 Å². The summed E-state index contributed by atoms with van der Waals surface area (Å²) in [4.78, 5) is 2.54. The van der Waals surface area contributed by atoms with E-state index in [1.54, 1.807) is 0 Å². The Balaban J connectivity index is 1.96. The molecule has 1 saturated heterocycles. The number of likely N-dealkylation sites (tertiary alicyclic amines) is 1. The second-order valence-electron chi connectivity index (χ2n) is 7.24. The summed E-state index contributed by atoms with van der Waals surface area (Å²) in [6, 6.07) is 2.89. The van der Waals surface area contributed by atoms with E-state index in [1.807, 2.05) is 0 Å². The lowest BCUT2D eigenvalue weighted by molar-refractivity contribution is 0.141. The van der Waals surface area contributed by atoms with Gasteiger partial charge in [0.25, 0.3) is 0 Å². The van der Waals surface area contributed by atoms with Crippen LogP contribution in [-0.4, -0.2) is 23.0 Å². The number of nitrogens with zero attached hydrogens (tertiary/aromatic N) is 1. The van der Waals surface area contributed by atoms with Crippen LogP contribution in [0.5, 0.6) is 0 Å². The van der Waals surface area contributed by atoms with Crippen molar-refractivity contribution in [3.05, 3.63) is 23.2 Å². The van der Waals surface area contributed by atoms with Crippen molar-refractivity contribution in [1.82, 2.24) is 10.2 Å². The van der Waals surface area contributed by atoms with E-state index >= 15 is 0 Å². The summed E-state index contributed by atoms with van der Waals surface area (Å²) >= 11 is 0. The van der Waals surface area contributed by atoms with Crippen molar-refractivity contribution in [3.8, 4) is 0 Å². The van der Waals surface area contributed by atoms with Gasteiger partial charge in [0.15, 0.2) is 0 Å². The molecular formula is C17H30N2O. The summed E-state index contributed by atoms with van der Waals surface area (Å²) in [6.45, 7) is 14.0. The number of furan rings is 1. The van der Waals surface area contributed by atoms with E-state index in [2.05, 4.69) is 50.9 Å². The van der Waals surface area contributed by atoms with Crippen molar-refractivity contribution in [1.29, 1.82) is 0 Å². The molecule has 1 aliphatic rings. The number of piperidine rings is 1. The molecule has 3 heteroatoms. The number of hydrogen-bond acceptors (Lipinski definition) is 3. The molecule has 0 spiro atoms. The monoisotopic (exact) mass is 278 g/mol. The van der Waals surface area contributed by atoms with E-state index in [0.717, 1.165) is 24.6 Å². The maximum atomic E-state index is 6.06. The largest absolute Gasteiger partial charge is 0.463 e. The van der Waals surface area contributed by atoms with Gasteiger partial charge in [0.05, 0.1) is 13.1 Å². The Morgan fingerprint density at radius 3 is 2.75 bits per heavy atom. The molecule has 20 heavy (non-hydrogen) atoms. The molecule has 0 radical (unpaired) electrons. The van der Waals surface area contributed by atoms with Crippen molar-refractivity contribution in [3.63, 3.8) is 0 Å². The summed E-state index contributed by atoms with van der Waals surface area (Å²) in [6.07, 6.45) is 4.01. The second-order valence-corrected chi connectivity index (χ2v) is 7.24. The van der Waals surface area contributed by atoms with Gasteiger partial charge < -0.3 is 9.73 Å². The Kier molecular flexibility index (Phi) is 4.92. The first-order chi connectivity index (χ1) is 9.35. The first-order valence-electron chi connectivity index (χ1n) is 7.92. The van der Waals surface area contributed by atoms with Crippen LogP contribution in [0, 0.1) is 6.92 Å². The van der Waals surface area contributed by atoms with Gasteiger partial charge in [0.2, 0.25) is 0 Å². The molecule has 0 saturated carbocycles. The molecule has 0 aliphatic carbocycles. The third kappa shape index (κ3) is 4.35. The van der Waals surface area contributed by atoms with Crippen LogP contribution < -0.4 is 5.32 Å². The van der Waals surface area contributed by atoms with Crippen molar-refractivity contribution in [2.75, 3.05) is 6.54 Å². The lowest BCUT2D eigenvalue weighted by Gasteiger charge is -2.32. The minimum Gasteiger partial charge on any atom is -0.463 e. The quantitative estimate of drug-likeness (QED) is 0.907. The molecule has 3 nitrogen and oxygen atoms in total. The average Bonchev–Trinajstić information content (AvgIpc) is 2.69. The highest BCUT2D eigenvalue weighted by Gasteiger charge is 2.20. The van der Waals surface area contributed by atoms with Gasteiger partial charge in [-0.25, -0.2) is 0 Å². The average molecular weight is 278 g/mol. The molecule has 114 valence electrons. The van der Waals surface area contributed by atoms with Crippen molar-refractivity contribution < 1.29 is 4.42 Å². The van der Waals surface area contributed by atoms with Gasteiger partial charge in [-0.1, -0.05) is 6.42 Å². The molecule has 0 amide bonds. The Morgan fingerprint density at radius 1 is 1.35 bits per heavy atom. The summed E-state index contributed by atoms with van der Waals surface area (Å²) in [7, 11) is 0. The molecule has 1 N–H and O–H groups in total. The van der Waals surface area contributed by atoms with Gasteiger partial charge in [-0.15, -0.1) is 0 Å². The molecule has 1 aliphatic heterocycles. The molecule has 1 atom stereocenters. The van der Waals surface area contributed by atoms with E-state index in [0.29, 0.717) is 6.04 Å². The lowest BCUT2D eigenvalue weighted by atomic mass is 10.0. The molecule has 0 aromatic carbocycles. The summed E-state index contributed by atoms with van der Waals surface area (Å²) in [5, 5.41) is 3.50. The van der Waals surface area contributed by atoms with E-state index in [-0.39, 0.29) is 5.54 Å². The van der Waals surface area contributed by atoms with Crippen LogP contribution in [0.2, 0.25) is 0 Å². The minimum absolute atomic E-state index is 0.126. The first kappa shape index (κ1) is 15.6. The number of aryl methyl sites for hydroxylation is 1. The molecular weight excluding hydrogens is 248 g/mol. The predicted octanol–water partition coefficient (Wildman–Crippen LogP) is 3.85. The van der Waals surface area contributed by atoms with Gasteiger partial charge in [-0.2, -0.15) is 0 Å². The maximum Gasteiger partial charge on any atom is 0.120 e. The number of hydrogen-bond donors (Lipinski definition) is 1. The normalized spacial score (nSPS) is 21.4.